The van der Waals surface area contributed by atoms with Gasteiger partial charge in [0.15, 0.2) is 5.82 Å². The summed E-state index contributed by atoms with van der Waals surface area (Å²) >= 11 is 0. The summed E-state index contributed by atoms with van der Waals surface area (Å²) in [4.78, 5) is 24.4. The second kappa shape index (κ2) is 7.16. The minimum atomic E-state index is -0.396. The van der Waals surface area contributed by atoms with Gasteiger partial charge in [0, 0.05) is 29.9 Å². The molecule has 0 aromatic carbocycles. The fourth-order valence-electron chi connectivity index (χ4n) is 3.87. The van der Waals surface area contributed by atoms with Gasteiger partial charge in [0.05, 0.1) is 12.3 Å². The highest BCUT2D eigenvalue weighted by Crippen LogP contribution is 2.48. The van der Waals surface area contributed by atoms with Crippen molar-refractivity contribution in [3.63, 3.8) is 0 Å². The molecule has 3 aliphatic rings. The fraction of sp³-hybridized carbons (Fsp3) is 0.571. The molecular formula is C21H26N4O5. The van der Waals surface area contributed by atoms with E-state index in [-0.39, 0.29) is 35.5 Å². The molecule has 30 heavy (non-hydrogen) atoms. The molecule has 2 aliphatic carbocycles. The van der Waals surface area contributed by atoms with Gasteiger partial charge >= 0.3 is 6.09 Å². The van der Waals surface area contributed by atoms with Gasteiger partial charge in [-0.15, -0.1) is 0 Å². The van der Waals surface area contributed by atoms with Gasteiger partial charge in [-0.25, -0.2) is 4.79 Å². The summed E-state index contributed by atoms with van der Waals surface area (Å²) in [6, 6.07) is 5.61. The molecule has 0 bridgehead atoms. The average Bonchev–Trinajstić information content (AvgIpc) is 3.41. The summed E-state index contributed by atoms with van der Waals surface area (Å²) in [6.07, 6.45) is 2.34. The van der Waals surface area contributed by atoms with Crippen molar-refractivity contribution in [3.05, 3.63) is 35.4 Å². The van der Waals surface area contributed by atoms with Crippen molar-refractivity contribution < 1.29 is 23.5 Å². The number of amides is 2. The topological polar surface area (TPSA) is 118 Å². The number of alkyl carbamates (subject to hydrolysis) is 1. The maximum absolute atomic E-state index is 12.5. The Kier molecular flexibility index (Phi) is 4.57. The van der Waals surface area contributed by atoms with E-state index in [0.717, 1.165) is 36.5 Å². The molecular weight excluding hydrogens is 388 g/mol. The molecule has 3 heterocycles. The molecule has 0 unspecified atom stereocenters. The largest absolute Gasteiger partial charge is 0.466 e. The Hall–Kier alpha value is -2.81. The second-order valence-electron chi connectivity index (χ2n) is 8.87. The van der Waals surface area contributed by atoms with Gasteiger partial charge in [-0.3, -0.25) is 9.89 Å². The van der Waals surface area contributed by atoms with Gasteiger partial charge in [-0.1, -0.05) is 0 Å². The summed E-state index contributed by atoms with van der Waals surface area (Å²) in [5.41, 5.74) is 0.642. The Morgan fingerprint density at radius 1 is 1.30 bits per heavy atom. The zero-order valence-electron chi connectivity index (χ0n) is 17.1. The lowest BCUT2D eigenvalue weighted by molar-refractivity contribution is -0.117. The summed E-state index contributed by atoms with van der Waals surface area (Å²) in [6.45, 7) is 4.23. The van der Waals surface area contributed by atoms with E-state index in [4.69, 9.17) is 13.9 Å². The number of carbonyl (C=O) groups excluding carboxylic acids is 2. The number of H-pyrrole nitrogens is 1. The molecule has 2 saturated carbocycles. The number of aromatic amines is 1. The standard InChI is InChI=1S/C21H26N4O5/c1-11-3-4-16(29-11)13-8-14(13)19(26)22-18-9-15(24-25-18)17-7-12(10-28-17)30-20(27)23-21(2)5-6-21/h3-4,9,12-14,17H,5-8,10H2,1-2H3,(H,23,27)(H2,22,24,25,26)/t12-,13-,14-,17-/m0/s1. The molecule has 160 valence electrons. The van der Waals surface area contributed by atoms with Crippen molar-refractivity contribution in [2.45, 2.75) is 63.2 Å². The smallest absolute Gasteiger partial charge is 0.407 e. The average molecular weight is 414 g/mol. The van der Waals surface area contributed by atoms with E-state index in [2.05, 4.69) is 20.8 Å². The number of nitrogens with one attached hydrogen (secondary N) is 3. The Morgan fingerprint density at radius 3 is 2.87 bits per heavy atom. The monoisotopic (exact) mass is 414 g/mol. The number of hydrogen-bond donors (Lipinski definition) is 3. The third-order valence-electron chi connectivity index (χ3n) is 6.09. The highest BCUT2D eigenvalue weighted by atomic mass is 16.6. The Balaban J connectivity index is 1.11. The molecule has 2 aromatic rings. The highest BCUT2D eigenvalue weighted by Gasteiger charge is 2.46. The van der Waals surface area contributed by atoms with Gasteiger partial charge in [0.2, 0.25) is 5.91 Å². The minimum Gasteiger partial charge on any atom is -0.466 e. The van der Waals surface area contributed by atoms with Crippen LogP contribution in [0.4, 0.5) is 10.6 Å². The van der Waals surface area contributed by atoms with E-state index >= 15 is 0 Å². The van der Waals surface area contributed by atoms with Gasteiger partial charge < -0.3 is 24.5 Å². The molecule has 1 saturated heterocycles. The molecule has 3 N–H and O–H groups in total. The first-order valence-corrected chi connectivity index (χ1v) is 10.4. The quantitative estimate of drug-likeness (QED) is 0.668. The molecule has 2 aromatic heterocycles. The molecule has 9 heteroatoms. The van der Waals surface area contributed by atoms with Crippen LogP contribution >= 0.6 is 0 Å². The lowest BCUT2D eigenvalue weighted by atomic mass is 10.1. The van der Waals surface area contributed by atoms with Gasteiger partial charge in [0.25, 0.3) is 0 Å². The maximum Gasteiger partial charge on any atom is 0.407 e. The zero-order chi connectivity index (χ0) is 20.9. The van der Waals surface area contributed by atoms with Crippen molar-refractivity contribution in [1.29, 1.82) is 0 Å². The van der Waals surface area contributed by atoms with Crippen LogP contribution < -0.4 is 10.6 Å². The first-order chi connectivity index (χ1) is 14.4. The number of nitrogens with zero attached hydrogens (tertiary/aromatic N) is 1. The third kappa shape index (κ3) is 4.07. The lowest BCUT2D eigenvalue weighted by Crippen LogP contribution is -2.37. The van der Waals surface area contributed by atoms with Crippen LogP contribution in [0.5, 0.6) is 0 Å². The van der Waals surface area contributed by atoms with Crippen molar-refractivity contribution in [2.24, 2.45) is 5.92 Å². The van der Waals surface area contributed by atoms with Crippen LogP contribution in [0.25, 0.3) is 0 Å². The first kappa shape index (κ1) is 19.2. The van der Waals surface area contributed by atoms with E-state index in [1.165, 1.54) is 0 Å². The highest BCUT2D eigenvalue weighted by molar-refractivity contribution is 5.94. The van der Waals surface area contributed by atoms with Crippen LogP contribution in [0, 0.1) is 12.8 Å². The predicted molar refractivity (Wildman–Crippen MR) is 106 cm³/mol. The minimum absolute atomic E-state index is 0.0640. The van der Waals surface area contributed by atoms with Crippen LogP contribution in [0.2, 0.25) is 0 Å². The van der Waals surface area contributed by atoms with Gasteiger partial charge in [0.1, 0.15) is 23.7 Å². The molecule has 0 spiro atoms. The van der Waals surface area contributed by atoms with E-state index < -0.39 is 6.09 Å². The van der Waals surface area contributed by atoms with E-state index in [9.17, 15) is 9.59 Å². The number of hydrogen-bond acceptors (Lipinski definition) is 6. The Bertz CT molecular complexity index is 962. The van der Waals surface area contributed by atoms with Crippen molar-refractivity contribution >= 4 is 17.8 Å². The normalized spacial score (nSPS) is 28.7. The number of anilines is 1. The number of rotatable bonds is 6. The molecule has 5 rings (SSSR count). The molecule has 4 atom stereocenters. The van der Waals surface area contributed by atoms with E-state index in [1.807, 2.05) is 26.0 Å². The Morgan fingerprint density at radius 2 is 2.13 bits per heavy atom. The van der Waals surface area contributed by atoms with Crippen LogP contribution in [-0.2, 0) is 14.3 Å². The zero-order valence-corrected chi connectivity index (χ0v) is 17.1. The summed E-state index contributed by atoms with van der Waals surface area (Å²) < 4.78 is 16.8. The van der Waals surface area contributed by atoms with E-state index in [0.29, 0.717) is 18.8 Å². The predicted octanol–water partition coefficient (Wildman–Crippen LogP) is 3.16. The number of aromatic nitrogens is 2. The number of aryl methyl sites for hydroxylation is 1. The maximum atomic E-state index is 12.5. The van der Waals surface area contributed by atoms with Crippen molar-refractivity contribution in [2.75, 3.05) is 11.9 Å². The second-order valence-corrected chi connectivity index (χ2v) is 8.87. The van der Waals surface area contributed by atoms with Crippen LogP contribution in [0.1, 0.15) is 61.8 Å². The molecule has 1 aliphatic heterocycles. The van der Waals surface area contributed by atoms with Crippen LogP contribution in [0.3, 0.4) is 0 Å². The molecule has 3 fully saturated rings. The van der Waals surface area contributed by atoms with Crippen molar-refractivity contribution in [1.82, 2.24) is 15.5 Å². The third-order valence-corrected chi connectivity index (χ3v) is 6.09. The Labute approximate surface area is 173 Å². The molecule has 0 radical (unpaired) electrons. The summed E-state index contributed by atoms with van der Waals surface area (Å²) in [7, 11) is 0. The van der Waals surface area contributed by atoms with E-state index in [1.54, 1.807) is 6.07 Å². The summed E-state index contributed by atoms with van der Waals surface area (Å²) in [5, 5.41) is 12.8. The van der Waals surface area contributed by atoms with Crippen LogP contribution in [0.15, 0.2) is 22.6 Å². The van der Waals surface area contributed by atoms with Gasteiger partial charge in [-0.2, -0.15) is 5.10 Å². The van der Waals surface area contributed by atoms with Crippen LogP contribution in [-0.4, -0.2) is 40.4 Å². The lowest BCUT2D eigenvalue weighted by Gasteiger charge is -2.15. The fourth-order valence-corrected chi connectivity index (χ4v) is 3.87. The number of furan rings is 1. The number of ether oxygens (including phenoxy) is 2. The SMILES string of the molecule is Cc1ccc([C@H]2C[C@@H]2C(=O)Nc2cc([C@@H]3C[C@H](OC(=O)NC4(C)CC4)CO3)[nH]n2)o1. The number of carbonyl (C=O) groups is 2. The summed E-state index contributed by atoms with van der Waals surface area (Å²) in [5.74, 6) is 2.15. The van der Waals surface area contributed by atoms with Crippen molar-refractivity contribution in [3.8, 4) is 0 Å². The molecule has 9 nitrogen and oxygen atoms in total. The first-order valence-electron chi connectivity index (χ1n) is 10.4. The van der Waals surface area contributed by atoms with Gasteiger partial charge in [-0.05, 0) is 45.2 Å². The molecule has 2 amide bonds.